The molecule has 2 aliphatic rings. The lowest BCUT2D eigenvalue weighted by Crippen LogP contribution is -2.43. The Balaban J connectivity index is 1.70. The summed E-state index contributed by atoms with van der Waals surface area (Å²) >= 11 is 0. The van der Waals surface area contributed by atoms with Gasteiger partial charge in [0.2, 0.25) is 0 Å². The van der Waals surface area contributed by atoms with Crippen LogP contribution in [0.3, 0.4) is 0 Å². The zero-order chi connectivity index (χ0) is 13.3. The molecule has 1 heterocycles. The molecule has 3 unspecified atom stereocenters. The van der Waals surface area contributed by atoms with Crippen molar-refractivity contribution in [1.82, 2.24) is 4.90 Å². The summed E-state index contributed by atoms with van der Waals surface area (Å²) in [5, 5.41) is 0. The summed E-state index contributed by atoms with van der Waals surface area (Å²) in [6, 6.07) is 10.8. The molecule has 2 heteroatoms. The summed E-state index contributed by atoms with van der Waals surface area (Å²) < 4.78 is 0. The first-order valence-electron chi connectivity index (χ1n) is 7.69. The first kappa shape index (κ1) is 13.1. The van der Waals surface area contributed by atoms with E-state index in [2.05, 4.69) is 42.2 Å². The summed E-state index contributed by atoms with van der Waals surface area (Å²) in [4.78, 5) is 2.66. The molecule has 2 nitrogen and oxygen atoms in total. The van der Waals surface area contributed by atoms with Gasteiger partial charge in [-0.2, -0.15) is 0 Å². The molecule has 3 rings (SSSR count). The number of hydrogen-bond donors (Lipinski definition) is 1. The topological polar surface area (TPSA) is 29.3 Å². The molecule has 19 heavy (non-hydrogen) atoms. The molecule has 3 atom stereocenters. The van der Waals surface area contributed by atoms with Crippen molar-refractivity contribution in [2.24, 2.45) is 17.6 Å². The molecule has 1 aromatic rings. The number of hydrogen-bond acceptors (Lipinski definition) is 2. The van der Waals surface area contributed by atoms with Crippen LogP contribution in [0.1, 0.15) is 31.7 Å². The van der Waals surface area contributed by atoms with Gasteiger partial charge in [-0.25, -0.2) is 0 Å². The number of rotatable bonds is 4. The highest BCUT2D eigenvalue weighted by Gasteiger charge is 2.38. The highest BCUT2D eigenvalue weighted by atomic mass is 15.2. The van der Waals surface area contributed by atoms with E-state index in [9.17, 15) is 0 Å². The van der Waals surface area contributed by atoms with Crippen molar-refractivity contribution >= 4 is 0 Å². The number of fused-ring (bicyclic) bond motifs is 1. The first-order valence-corrected chi connectivity index (χ1v) is 7.69. The maximum Gasteiger partial charge on any atom is 0.0174 e. The smallest absolute Gasteiger partial charge is 0.0174 e. The molecule has 0 spiro atoms. The largest absolute Gasteiger partial charge is 0.330 e. The van der Waals surface area contributed by atoms with Crippen molar-refractivity contribution in [2.45, 2.75) is 31.6 Å². The summed E-state index contributed by atoms with van der Waals surface area (Å²) in [6.07, 6.45) is 4.35. The van der Waals surface area contributed by atoms with Crippen LogP contribution in [0.25, 0.3) is 0 Å². The fraction of sp³-hybridized carbons (Fsp3) is 0.647. The van der Waals surface area contributed by atoms with Crippen LogP contribution < -0.4 is 5.73 Å². The zero-order valence-electron chi connectivity index (χ0n) is 12.0. The first-order chi connectivity index (χ1) is 9.21. The Morgan fingerprint density at radius 1 is 1.16 bits per heavy atom. The minimum Gasteiger partial charge on any atom is -0.330 e. The van der Waals surface area contributed by atoms with Gasteiger partial charge in [-0.15, -0.1) is 0 Å². The molecule has 2 N–H and O–H groups in total. The van der Waals surface area contributed by atoms with E-state index in [4.69, 9.17) is 5.73 Å². The lowest BCUT2D eigenvalue weighted by Gasteiger charge is -2.33. The van der Waals surface area contributed by atoms with Gasteiger partial charge < -0.3 is 10.6 Å². The van der Waals surface area contributed by atoms with E-state index < -0.39 is 0 Å². The second-order valence-electron chi connectivity index (χ2n) is 6.78. The number of benzene rings is 1. The summed E-state index contributed by atoms with van der Waals surface area (Å²) in [5.41, 5.74) is 7.59. The van der Waals surface area contributed by atoms with E-state index in [0.29, 0.717) is 0 Å². The summed E-state index contributed by atoms with van der Waals surface area (Å²) in [6.45, 7) is 6.75. The molecule has 1 aliphatic heterocycles. The average Bonchev–Trinajstić information content (AvgIpc) is 3.00. The highest BCUT2D eigenvalue weighted by molar-refractivity contribution is 5.25. The van der Waals surface area contributed by atoms with Crippen molar-refractivity contribution in [3.05, 3.63) is 35.9 Å². The standard InChI is InChI=1S/C17H26N2/c1-17(12-18,16-8-3-2-4-9-16)13-19-10-14-6-5-7-15(14)11-19/h2-4,8-9,14-15H,5-7,10-13,18H2,1H3. The van der Waals surface area contributed by atoms with E-state index in [1.165, 1.54) is 37.9 Å². The molecule has 0 bridgehead atoms. The van der Waals surface area contributed by atoms with Gasteiger partial charge in [0, 0.05) is 31.6 Å². The Bertz CT molecular complexity index is 405. The van der Waals surface area contributed by atoms with Crippen molar-refractivity contribution in [3.63, 3.8) is 0 Å². The van der Waals surface area contributed by atoms with Gasteiger partial charge >= 0.3 is 0 Å². The lowest BCUT2D eigenvalue weighted by atomic mass is 9.82. The molecular formula is C17H26N2. The number of nitrogens with zero attached hydrogens (tertiary/aromatic N) is 1. The second kappa shape index (κ2) is 5.26. The zero-order valence-corrected chi connectivity index (χ0v) is 12.0. The number of nitrogens with two attached hydrogens (primary N) is 1. The maximum absolute atomic E-state index is 6.11. The van der Waals surface area contributed by atoms with Crippen LogP contribution in [-0.4, -0.2) is 31.1 Å². The van der Waals surface area contributed by atoms with Gasteiger partial charge in [0.15, 0.2) is 0 Å². The van der Waals surface area contributed by atoms with E-state index in [1.54, 1.807) is 0 Å². The van der Waals surface area contributed by atoms with Gasteiger partial charge in [-0.05, 0) is 30.2 Å². The van der Waals surface area contributed by atoms with E-state index in [0.717, 1.165) is 24.9 Å². The third kappa shape index (κ3) is 2.56. The average molecular weight is 258 g/mol. The monoisotopic (exact) mass is 258 g/mol. The molecule has 0 amide bonds. The van der Waals surface area contributed by atoms with Gasteiger partial charge in [0.1, 0.15) is 0 Å². The maximum atomic E-state index is 6.11. The normalized spacial score (nSPS) is 30.2. The fourth-order valence-corrected chi connectivity index (χ4v) is 4.07. The minimum atomic E-state index is 0.0971. The Morgan fingerprint density at radius 3 is 2.37 bits per heavy atom. The van der Waals surface area contributed by atoms with Crippen molar-refractivity contribution in [3.8, 4) is 0 Å². The molecule has 1 aromatic carbocycles. The Labute approximate surface area is 117 Å². The van der Waals surface area contributed by atoms with Crippen molar-refractivity contribution in [2.75, 3.05) is 26.2 Å². The predicted octanol–water partition coefficient (Wildman–Crippen LogP) is 2.63. The highest BCUT2D eigenvalue weighted by Crippen LogP contribution is 2.39. The van der Waals surface area contributed by atoms with Crippen LogP contribution in [-0.2, 0) is 5.41 Å². The Hall–Kier alpha value is -0.860. The lowest BCUT2D eigenvalue weighted by molar-refractivity contribution is 0.244. The van der Waals surface area contributed by atoms with Gasteiger partial charge in [0.25, 0.3) is 0 Å². The Morgan fingerprint density at radius 2 is 1.79 bits per heavy atom. The van der Waals surface area contributed by atoms with Crippen LogP contribution >= 0.6 is 0 Å². The van der Waals surface area contributed by atoms with Crippen LogP contribution in [0.2, 0.25) is 0 Å². The van der Waals surface area contributed by atoms with E-state index >= 15 is 0 Å². The molecular weight excluding hydrogens is 232 g/mol. The van der Waals surface area contributed by atoms with E-state index in [1.807, 2.05) is 0 Å². The Kier molecular flexibility index (Phi) is 3.64. The summed E-state index contributed by atoms with van der Waals surface area (Å²) in [7, 11) is 0. The predicted molar refractivity (Wildman–Crippen MR) is 80.1 cm³/mol. The third-order valence-electron chi connectivity index (χ3n) is 5.30. The van der Waals surface area contributed by atoms with Crippen LogP contribution in [0.15, 0.2) is 30.3 Å². The second-order valence-corrected chi connectivity index (χ2v) is 6.78. The van der Waals surface area contributed by atoms with Gasteiger partial charge in [0.05, 0.1) is 0 Å². The van der Waals surface area contributed by atoms with E-state index in [-0.39, 0.29) is 5.41 Å². The van der Waals surface area contributed by atoms with Crippen LogP contribution in [0.4, 0.5) is 0 Å². The van der Waals surface area contributed by atoms with Crippen molar-refractivity contribution < 1.29 is 0 Å². The molecule has 1 saturated heterocycles. The molecule has 0 radical (unpaired) electrons. The van der Waals surface area contributed by atoms with Gasteiger partial charge in [-0.3, -0.25) is 0 Å². The fourth-order valence-electron chi connectivity index (χ4n) is 4.07. The molecule has 1 aliphatic carbocycles. The SMILES string of the molecule is CC(CN)(CN1CC2CCCC2C1)c1ccccc1. The molecule has 104 valence electrons. The molecule has 2 fully saturated rings. The van der Waals surface area contributed by atoms with Crippen LogP contribution in [0, 0.1) is 11.8 Å². The van der Waals surface area contributed by atoms with Crippen molar-refractivity contribution in [1.29, 1.82) is 0 Å². The number of likely N-dealkylation sites (tertiary alicyclic amines) is 1. The third-order valence-corrected chi connectivity index (χ3v) is 5.30. The summed E-state index contributed by atoms with van der Waals surface area (Å²) in [5.74, 6) is 1.94. The van der Waals surface area contributed by atoms with Crippen LogP contribution in [0.5, 0.6) is 0 Å². The molecule has 1 saturated carbocycles. The quantitative estimate of drug-likeness (QED) is 0.899. The molecule has 0 aromatic heterocycles. The van der Waals surface area contributed by atoms with Gasteiger partial charge in [-0.1, -0.05) is 43.7 Å². The minimum absolute atomic E-state index is 0.0971.